The average molecular weight is 649 g/mol. The van der Waals surface area contributed by atoms with Gasteiger partial charge >= 0.3 is 11.9 Å². The zero-order valence-corrected chi connectivity index (χ0v) is 28.0. The van der Waals surface area contributed by atoms with E-state index in [1.165, 1.54) is 0 Å². The molecule has 0 unspecified atom stereocenters. The van der Waals surface area contributed by atoms with Gasteiger partial charge in [-0.05, 0) is 129 Å². The Morgan fingerprint density at radius 2 is 1.06 bits per heavy atom. The van der Waals surface area contributed by atoms with Crippen molar-refractivity contribution in [1.29, 1.82) is 0 Å². The Morgan fingerprint density at radius 1 is 0.583 bits per heavy atom. The van der Waals surface area contributed by atoms with Gasteiger partial charge in [-0.1, -0.05) is 26.7 Å². The SMILES string of the molecule is CCCCOc1ccc(C(=O)Oc2ccc(-c3nnc(-c4ccc(OC(=O)c5ccc(OCCCC)c(C)c5)c(C)c4)o3)cc2)cc1C. The van der Waals surface area contributed by atoms with E-state index in [2.05, 4.69) is 24.0 Å². The molecule has 0 aliphatic rings. The van der Waals surface area contributed by atoms with Gasteiger partial charge in [-0.3, -0.25) is 0 Å². The summed E-state index contributed by atoms with van der Waals surface area (Å²) in [7, 11) is 0. The van der Waals surface area contributed by atoms with Crippen molar-refractivity contribution in [3.63, 3.8) is 0 Å². The smallest absolute Gasteiger partial charge is 0.343 e. The van der Waals surface area contributed by atoms with Crippen LogP contribution in [0.4, 0.5) is 0 Å². The van der Waals surface area contributed by atoms with E-state index < -0.39 is 11.9 Å². The third-order valence-electron chi connectivity index (χ3n) is 7.69. The third-order valence-corrected chi connectivity index (χ3v) is 7.69. The van der Waals surface area contributed by atoms with E-state index in [0.717, 1.165) is 53.9 Å². The van der Waals surface area contributed by atoms with Gasteiger partial charge in [0.1, 0.15) is 23.0 Å². The molecule has 1 heterocycles. The van der Waals surface area contributed by atoms with Gasteiger partial charge in [-0.2, -0.15) is 0 Å². The molecule has 0 atom stereocenters. The van der Waals surface area contributed by atoms with Crippen LogP contribution >= 0.6 is 0 Å². The van der Waals surface area contributed by atoms with Crippen LogP contribution in [0.3, 0.4) is 0 Å². The largest absolute Gasteiger partial charge is 0.493 e. The van der Waals surface area contributed by atoms with Crippen molar-refractivity contribution >= 4 is 11.9 Å². The molecule has 0 N–H and O–H groups in total. The molecule has 0 fully saturated rings. The maximum Gasteiger partial charge on any atom is 0.343 e. The zero-order valence-electron chi connectivity index (χ0n) is 28.0. The summed E-state index contributed by atoms with van der Waals surface area (Å²) in [5, 5.41) is 8.40. The van der Waals surface area contributed by atoms with Crippen molar-refractivity contribution in [2.24, 2.45) is 0 Å². The highest BCUT2D eigenvalue weighted by atomic mass is 16.5. The van der Waals surface area contributed by atoms with Crippen LogP contribution in [0, 0.1) is 20.8 Å². The number of rotatable bonds is 14. The van der Waals surface area contributed by atoms with Gasteiger partial charge in [-0.25, -0.2) is 9.59 Å². The Labute approximate surface area is 280 Å². The summed E-state index contributed by atoms with van der Waals surface area (Å²) in [6.07, 6.45) is 4.05. The van der Waals surface area contributed by atoms with Gasteiger partial charge in [0.2, 0.25) is 11.8 Å². The number of carbonyl (C=O) groups is 2. The zero-order chi connectivity index (χ0) is 34.0. The lowest BCUT2D eigenvalue weighted by Crippen LogP contribution is -2.10. The quantitative estimate of drug-likeness (QED) is 0.0661. The molecule has 9 heteroatoms. The first-order valence-corrected chi connectivity index (χ1v) is 16.2. The predicted octanol–water partition coefficient (Wildman–Crippen LogP) is 9.13. The van der Waals surface area contributed by atoms with Crippen molar-refractivity contribution in [3.8, 4) is 45.9 Å². The molecule has 248 valence electrons. The monoisotopic (exact) mass is 648 g/mol. The molecule has 48 heavy (non-hydrogen) atoms. The lowest BCUT2D eigenvalue weighted by molar-refractivity contribution is 0.0724. The minimum absolute atomic E-state index is 0.308. The highest BCUT2D eigenvalue weighted by Gasteiger charge is 2.17. The summed E-state index contributed by atoms with van der Waals surface area (Å²) in [5.41, 5.74) is 4.71. The highest BCUT2D eigenvalue weighted by molar-refractivity contribution is 5.92. The second kappa shape index (κ2) is 15.9. The molecule has 0 spiro atoms. The minimum Gasteiger partial charge on any atom is -0.493 e. The Kier molecular flexibility index (Phi) is 11.2. The Hall–Kier alpha value is -5.44. The number of hydrogen-bond donors (Lipinski definition) is 0. The molecule has 0 aliphatic carbocycles. The molecule has 0 saturated carbocycles. The molecule has 0 radical (unpaired) electrons. The number of nitrogens with zero attached hydrogens (tertiary/aromatic N) is 2. The van der Waals surface area contributed by atoms with Crippen molar-refractivity contribution in [2.45, 2.75) is 60.3 Å². The maximum atomic E-state index is 12.9. The summed E-state index contributed by atoms with van der Waals surface area (Å²) in [6.45, 7) is 11.2. The minimum atomic E-state index is -0.462. The Bertz CT molecular complexity index is 1880. The first kappa shape index (κ1) is 33.9. The molecule has 0 amide bonds. The fourth-order valence-electron chi connectivity index (χ4n) is 4.87. The van der Waals surface area contributed by atoms with Gasteiger partial charge in [0.05, 0.1) is 24.3 Å². The number of aromatic nitrogens is 2. The molecular weight excluding hydrogens is 608 g/mol. The van der Waals surface area contributed by atoms with Crippen LogP contribution in [0.1, 0.15) is 76.9 Å². The first-order valence-electron chi connectivity index (χ1n) is 16.2. The number of ether oxygens (including phenoxy) is 4. The van der Waals surface area contributed by atoms with Crippen molar-refractivity contribution in [3.05, 3.63) is 107 Å². The van der Waals surface area contributed by atoms with Gasteiger partial charge in [0.15, 0.2) is 0 Å². The number of hydrogen-bond acceptors (Lipinski definition) is 9. The molecule has 1 aromatic heterocycles. The topological polar surface area (TPSA) is 110 Å². The van der Waals surface area contributed by atoms with Crippen LogP contribution in [0.25, 0.3) is 22.9 Å². The Morgan fingerprint density at radius 3 is 1.58 bits per heavy atom. The summed E-state index contributed by atoms with van der Waals surface area (Å²) >= 11 is 0. The Balaban J connectivity index is 1.19. The number of unbranched alkanes of at least 4 members (excludes halogenated alkanes) is 2. The van der Waals surface area contributed by atoms with Gasteiger partial charge in [0, 0.05) is 11.1 Å². The van der Waals surface area contributed by atoms with Gasteiger partial charge in [-0.15, -0.1) is 10.2 Å². The number of carbonyl (C=O) groups excluding carboxylic acids is 2. The van der Waals surface area contributed by atoms with Crippen molar-refractivity contribution in [2.75, 3.05) is 13.2 Å². The van der Waals surface area contributed by atoms with Crippen LogP contribution in [-0.2, 0) is 0 Å². The molecule has 0 bridgehead atoms. The van der Waals surface area contributed by atoms with E-state index >= 15 is 0 Å². The maximum absolute atomic E-state index is 12.9. The van der Waals surface area contributed by atoms with Crippen LogP contribution < -0.4 is 18.9 Å². The van der Waals surface area contributed by atoms with E-state index in [9.17, 15) is 9.59 Å². The summed E-state index contributed by atoms with van der Waals surface area (Å²) in [4.78, 5) is 25.7. The lowest BCUT2D eigenvalue weighted by atomic mass is 10.1. The number of benzene rings is 4. The molecule has 4 aromatic carbocycles. The van der Waals surface area contributed by atoms with Gasteiger partial charge < -0.3 is 23.4 Å². The first-order chi connectivity index (χ1) is 23.2. The molecule has 9 nitrogen and oxygen atoms in total. The van der Waals surface area contributed by atoms with E-state index in [0.29, 0.717) is 58.7 Å². The molecule has 5 aromatic rings. The summed E-state index contributed by atoms with van der Waals surface area (Å²) < 4.78 is 28.8. The molecular formula is C39H40N2O7. The van der Waals surface area contributed by atoms with E-state index in [4.69, 9.17) is 23.4 Å². The normalized spacial score (nSPS) is 10.9. The average Bonchev–Trinajstić information content (AvgIpc) is 3.58. The number of esters is 2. The highest BCUT2D eigenvalue weighted by Crippen LogP contribution is 2.30. The van der Waals surface area contributed by atoms with Crippen molar-refractivity contribution < 1.29 is 33.0 Å². The van der Waals surface area contributed by atoms with E-state index in [1.807, 2.05) is 26.8 Å². The second-order valence-corrected chi connectivity index (χ2v) is 11.6. The molecule has 0 aliphatic heterocycles. The fraction of sp³-hybridized carbons (Fsp3) is 0.282. The summed E-state index contributed by atoms with van der Waals surface area (Å²) in [5.74, 6) is 2.05. The van der Waals surface area contributed by atoms with Crippen LogP contribution in [0.15, 0.2) is 83.3 Å². The lowest BCUT2D eigenvalue weighted by Gasteiger charge is -2.11. The fourth-order valence-corrected chi connectivity index (χ4v) is 4.87. The molecule has 5 rings (SSSR count). The standard InChI is InChI=1S/C39H40N2O7/c1-6-8-20-44-33-17-13-30(23-25(33)3)38(42)46-32-15-10-28(11-16-32)36-40-41-37(48-36)29-12-19-35(27(5)22-29)47-39(43)31-14-18-34(26(4)24-31)45-21-9-7-2/h10-19,22-24H,6-9,20-21H2,1-5H3. The van der Waals surface area contributed by atoms with Gasteiger partial charge in [0.25, 0.3) is 0 Å². The third kappa shape index (κ3) is 8.47. The summed E-state index contributed by atoms with van der Waals surface area (Å²) in [6, 6.07) is 22.7. The van der Waals surface area contributed by atoms with Crippen LogP contribution in [0.5, 0.6) is 23.0 Å². The van der Waals surface area contributed by atoms with E-state index in [1.54, 1.807) is 72.8 Å². The second-order valence-electron chi connectivity index (χ2n) is 11.6. The van der Waals surface area contributed by atoms with Crippen molar-refractivity contribution in [1.82, 2.24) is 10.2 Å². The van der Waals surface area contributed by atoms with Crippen LogP contribution in [0.2, 0.25) is 0 Å². The van der Waals surface area contributed by atoms with Crippen LogP contribution in [-0.4, -0.2) is 35.3 Å². The predicted molar refractivity (Wildman–Crippen MR) is 183 cm³/mol. The molecule has 0 saturated heterocycles. The van der Waals surface area contributed by atoms with E-state index in [-0.39, 0.29) is 0 Å². The number of aryl methyl sites for hydroxylation is 3.